The molecule has 0 aromatic carbocycles. The molecule has 2 heterocycles. The summed E-state index contributed by atoms with van der Waals surface area (Å²) in [6.45, 7) is 2.13. The van der Waals surface area contributed by atoms with Crippen molar-refractivity contribution in [1.29, 1.82) is 5.41 Å². The Morgan fingerprint density at radius 2 is 2.11 bits per heavy atom. The van der Waals surface area contributed by atoms with Crippen LogP contribution in [0.5, 0.6) is 0 Å². The smallest absolute Gasteiger partial charge is 0.260 e. The zero-order valence-electron chi connectivity index (χ0n) is 15.9. The summed E-state index contributed by atoms with van der Waals surface area (Å²) in [6.07, 6.45) is 5.45. The Balaban J connectivity index is 2.11. The van der Waals surface area contributed by atoms with E-state index in [0.29, 0.717) is 34.5 Å². The van der Waals surface area contributed by atoms with Crippen LogP contribution in [0.2, 0.25) is 0 Å². The molecule has 1 fully saturated rings. The number of nitrogens with one attached hydrogen (secondary N) is 1. The van der Waals surface area contributed by atoms with E-state index in [1.807, 2.05) is 6.92 Å². The number of nitrogens with two attached hydrogens (primary N) is 2. The Kier molecular flexibility index (Phi) is 6.05. The van der Waals surface area contributed by atoms with Crippen molar-refractivity contribution < 1.29 is 9.84 Å². The van der Waals surface area contributed by atoms with Gasteiger partial charge in [-0.25, -0.2) is 4.98 Å². The maximum Gasteiger partial charge on any atom is 0.260 e. The number of aromatic nitrogens is 3. The third-order valence-electron chi connectivity index (χ3n) is 5.20. The summed E-state index contributed by atoms with van der Waals surface area (Å²) in [6, 6.07) is 1.62. The van der Waals surface area contributed by atoms with Crippen LogP contribution in [0.4, 0.5) is 5.95 Å². The number of aliphatic hydroxyl groups excluding tert-OH is 1. The summed E-state index contributed by atoms with van der Waals surface area (Å²) in [4.78, 5) is 21.9. The number of aryl methyl sites for hydroxylation is 1. The highest BCUT2D eigenvalue weighted by Crippen LogP contribution is 2.32. The second-order valence-corrected chi connectivity index (χ2v) is 6.93. The van der Waals surface area contributed by atoms with Gasteiger partial charge in [0.2, 0.25) is 5.95 Å². The number of aliphatic hydroxyl groups is 1. The highest BCUT2D eigenvalue weighted by molar-refractivity contribution is 6.08. The van der Waals surface area contributed by atoms with Gasteiger partial charge < -0.3 is 26.7 Å². The molecule has 0 aliphatic heterocycles. The number of hydrogen-bond acceptors (Lipinski definition) is 8. The van der Waals surface area contributed by atoms with Crippen molar-refractivity contribution in [2.75, 3.05) is 18.9 Å². The molecule has 2 aromatic heterocycles. The third-order valence-corrected chi connectivity index (χ3v) is 5.20. The number of anilines is 1. The maximum atomic E-state index is 13.3. The summed E-state index contributed by atoms with van der Waals surface area (Å²) in [5, 5.41) is 17.2. The lowest BCUT2D eigenvalue weighted by Gasteiger charge is -2.30. The van der Waals surface area contributed by atoms with E-state index in [0.717, 1.165) is 31.9 Å². The molecule has 0 spiro atoms. The van der Waals surface area contributed by atoms with E-state index in [1.165, 1.54) is 6.20 Å². The number of rotatable bonds is 6. The summed E-state index contributed by atoms with van der Waals surface area (Å²) in [7, 11) is 0. The summed E-state index contributed by atoms with van der Waals surface area (Å²) in [5.41, 5.74) is 13.1. The van der Waals surface area contributed by atoms with E-state index >= 15 is 0 Å². The Bertz CT molecular complexity index is 960. The van der Waals surface area contributed by atoms with Crippen molar-refractivity contribution in [1.82, 2.24) is 14.5 Å². The average molecular weight is 386 g/mol. The highest BCUT2D eigenvalue weighted by Gasteiger charge is 2.27. The van der Waals surface area contributed by atoms with Gasteiger partial charge in [0, 0.05) is 29.4 Å². The van der Waals surface area contributed by atoms with Gasteiger partial charge in [-0.05, 0) is 38.7 Å². The van der Waals surface area contributed by atoms with Crippen LogP contribution < -0.4 is 17.0 Å². The van der Waals surface area contributed by atoms with Gasteiger partial charge in [0.25, 0.3) is 5.56 Å². The van der Waals surface area contributed by atoms with Gasteiger partial charge in [0.05, 0.1) is 30.6 Å². The quantitative estimate of drug-likeness (QED) is 0.543. The van der Waals surface area contributed by atoms with Crippen LogP contribution in [0.1, 0.15) is 43.0 Å². The van der Waals surface area contributed by atoms with Gasteiger partial charge in [0.15, 0.2) is 0 Å². The molecule has 0 amide bonds. The van der Waals surface area contributed by atoms with Crippen LogP contribution in [0.3, 0.4) is 0 Å². The van der Waals surface area contributed by atoms with Crippen LogP contribution in [-0.2, 0) is 4.74 Å². The molecule has 2 aromatic rings. The minimum atomic E-state index is -0.245. The maximum absolute atomic E-state index is 13.3. The molecule has 9 nitrogen and oxygen atoms in total. The Morgan fingerprint density at radius 3 is 2.71 bits per heavy atom. The number of nitrogen functional groups attached to an aromatic ring is 1. The molecule has 0 bridgehead atoms. The number of pyridine rings is 1. The largest absolute Gasteiger partial charge is 0.404 e. The molecule has 1 aliphatic carbocycles. The lowest BCUT2D eigenvalue weighted by Crippen LogP contribution is -2.33. The SMILES string of the molecule is Cc1nc(N)nc2c1cc(/C(C=N)=C/N)c(=O)n2C1CCC(OCCO)CC1. The minimum absolute atomic E-state index is 0.000627. The van der Waals surface area contributed by atoms with Crippen LogP contribution >= 0.6 is 0 Å². The van der Waals surface area contributed by atoms with Crippen LogP contribution in [0.25, 0.3) is 16.6 Å². The molecule has 6 N–H and O–H groups in total. The van der Waals surface area contributed by atoms with E-state index in [2.05, 4.69) is 9.97 Å². The van der Waals surface area contributed by atoms with E-state index in [9.17, 15) is 4.79 Å². The number of fused-ring (bicyclic) bond motifs is 1. The van der Waals surface area contributed by atoms with Crippen molar-refractivity contribution in [2.24, 2.45) is 5.73 Å². The molecule has 0 unspecified atom stereocenters. The molecular weight excluding hydrogens is 360 g/mol. The lowest BCUT2D eigenvalue weighted by molar-refractivity contribution is 0.00167. The summed E-state index contributed by atoms with van der Waals surface area (Å²) < 4.78 is 7.30. The van der Waals surface area contributed by atoms with Crippen molar-refractivity contribution in [3.63, 3.8) is 0 Å². The predicted molar refractivity (Wildman–Crippen MR) is 108 cm³/mol. The second kappa shape index (κ2) is 8.49. The zero-order valence-corrected chi connectivity index (χ0v) is 15.9. The molecule has 150 valence electrons. The third kappa shape index (κ3) is 3.76. The average Bonchev–Trinajstić information content (AvgIpc) is 2.68. The fourth-order valence-corrected chi connectivity index (χ4v) is 3.82. The van der Waals surface area contributed by atoms with Gasteiger partial charge in [0.1, 0.15) is 5.65 Å². The van der Waals surface area contributed by atoms with E-state index in [4.69, 9.17) is 26.7 Å². The second-order valence-electron chi connectivity index (χ2n) is 6.93. The van der Waals surface area contributed by atoms with E-state index in [-0.39, 0.29) is 30.3 Å². The van der Waals surface area contributed by atoms with E-state index in [1.54, 1.807) is 10.6 Å². The van der Waals surface area contributed by atoms with Crippen molar-refractivity contribution in [3.8, 4) is 0 Å². The zero-order chi connectivity index (χ0) is 20.3. The van der Waals surface area contributed by atoms with Gasteiger partial charge in [-0.1, -0.05) is 0 Å². The number of ether oxygens (including phenoxy) is 1. The first-order chi connectivity index (χ1) is 13.5. The van der Waals surface area contributed by atoms with E-state index < -0.39 is 0 Å². The Hall–Kier alpha value is -2.78. The Labute approximate surface area is 162 Å². The molecule has 1 saturated carbocycles. The van der Waals surface area contributed by atoms with Crippen molar-refractivity contribution in [3.05, 3.63) is 33.9 Å². The van der Waals surface area contributed by atoms with Crippen LogP contribution in [0.15, 0.2) is 17.1 Å². The first-order valence-corrected chi connectivity index (χ1v) is 9.34. The van der Waals surface area contributed by atoms with Gasteiger partial charge in [-0.15, -0.1) is 0 Å². The molecule has 0 radical (unpaired) electrons. The normalized spacial score (nSPS) is 20.4. The van der Waals surface area contributed by atoms with Crippen LogP contribution in [-0.4, -0.2) is 45.2 Å². The molecule has 0 atom stereocenters. The summed E-state index contributed by atoms with van der Waals surface area (Å²) in [5.74, 6) is 0.118. The monoisotopic (exact) mass is 386 g/mol. The van der Waals surface area contributed by atoms with Crippen LogP contribution in [0, 0.1) is 12.3 Å². The molecule has 9 heteroatoms. The molecule has 0 saturated heterocycles. The Morgan fingerprint density at radius 1 is 1.39 bits per heavy atom. The topological polar surface area (TPSA) is 153 Å². The fraction of sp³-hybridized carbons (Fsp3) is 0.474. The number of allylic oxidation sites excluding steroid dienone is 1. The molecular formula is C19H26N6O3. The standard InChI is InChI=1S/C19H26N6O3/c1-11-15-8-16(12(9-20)10-21)18(27)25(17(15)24-19(22)23-11)13-2-4-14(5-3-13)28-7-6-26/h8-10,13-14,20,26H,2-7,21H2,1H3,(H2,22,23,24)/b12-10+,20-9?. The number of nitrogens with zero attached hydrogens (tertiary/aromatic N) is 3. The van der Waals surface area contributed by atoms with Crippen molar-refractivity contribution >= 4 is 28.8 Å². The number of hydrogen-bond donors (Lipinski definition) is 4. The first-order valence-electron chi connectivity index (χ1n) is 9.34. The summed E-state index contributed by atoms with van der Waals surface area (Å²) >= 11 is 0. The van der Waals surface area contributed by atoms with Gasteiger partial charge in [-0.3, -0.25) is 9.36 Å². The first kappa shape index (κ1) is 20.0. The van der Waals surface area contributed by atoms with Gasteiger partial charge in [-0.2, -0.15) is 4.98 Å². The lowest BCUT2D eigenvalue weighted by atomic mass is 9.92. The minimum Gasteiger partial charge on any atom is -0.404 e. The fourth-order valence-electron chi connectivity index (χ4n) is 3.82. The molecule has 3 rings (SSSR count). The molecule has 28 heavy (non-hydrogen) atoms. The van der Waals surface area contributed by atoms with Crippen molar-refractivity contribution in [2.45, 2.75) is 44.8 Å². The molecule has 1 aliphatic rings. The van der Waals surface area contributed by atoms with Gasteiger partial charge >= 0.3 is 0 Å². The highest BCUT2D eigenvalue weighted by atomic mass is 16.5. The predicted octanol–water partition coefficient (Wildman–Crippen LogP) is 1.12.